The van der Waals surface area contributed by atoms with Gasteiger partial charge in [-0.3, -0.25) is 0 Å². The number of carbonyl (C=O) groups is 1. The largest absolute Gasteiger partial charge is 0.378 e. The highest BCUT2D eigenvalue weighted by molar-refractivity contribution is 5.75. The van der Waals surface area contributed by atoms with E-state index in [9.17, 15) is 4.79 Å². The fourth-order valence-electron chi connectivity index (χ4n) is 4.00. The van der Waals surface area contributed by atoms with E-state index >= 15 is 0 Å². The summed E-state index contributed by atoms with van der Waals surface area (Å²) in [4.78, 5) is 16.5. The average molecular weight is 266 g/mol. The Morgan fingerprint density at radius 3 is 2.16 bits per heavy atom. The quantitative estimate of drug-likeness (QED) is 0.727. The molecule has 0 bridgehead atoms. The molecule has 2 heterocycles. The van der Waals surface area contributed by atoms with Crippen LogP contribution in [0, 0.1) is 23.7 Å². The molecule has 19 heavy (non-hydrogen) atoms. The molecule has 1 aliphatic carbocycles. The van der Waals surface area contributed by atoms with Gasteiger partial charge in [-0.25, -0.2) is 4.79 Å². The summed E-state index contributed by atoms with van der Waals surface area (Å²) in [6.07, 6.45) is 2.66. The molecule has 0 N–H and O–H groups in total. The lowest BCUT2D eigenvalue weighted by molar-refractivity contribution is 0.0444. The summed E-state index contributed by atoms with van der Waals surface area (Å²) in [5, 5.41) is 0. The number of hydrogen-bond donors (Lipinski definition) is 0. The van der Waals surface area contributed by atoms with Gasteiger partial charge < -0.3 is 14.5 Å². The van der Waals surface area contributed by atoms with E-state index in [0.717, 1.165) is 49.9 Å². The Morgan fingerprint density at radius 2 is 1.63 bits per heavy atom. The number of rotatable bonds is 1. The fourth-order valence-corrected chi connectivity index (χ4v) is 4.00. The third kappa shape index (κ3) is 2.60. The highest BCUT2D eigenvalue weighted by Gasteiger charge is 2.43. The number of fused-ring (bicyclic) bond motifs is 1. The number of likely N-dealkylation sites (tertiary alicyclic amines) is 1. The second kappa shape index (κ2) is 5.31. The Balaban J connectivity index is 1.55. The molecule has 0 radical (unpaired) electrons. The van der Waals surface area contributed by atoms with Gasteiger partial charge in [0, 0.05) is 26.2 Å². The molecule has 0 spiro atoms. The lowest BCUT2D eigenvalue weighted by Gasteiger charge is -2.31. The molecule has 0 aromatic rings. The van der Waals surface area contributed by atoms with Crippen molar-refractivity contribution >= 4 is 6.03 Å². The van der Waals surface area contributed by atoms with E-state index in [0.29, 0.717) is 13.2 Å². The minimum Gasteiger partial charge on any atom is -0.378 e. The van der Waals surface area contributed by atoms with Crippen LogP contribution in [0.1, 0.15) is 26.7 Å². The second-order valence-corrected chi connectivity index (χ2v) is 6.78. The lowest BCUT2D eigenvalue weighted by atomic mass is 9.93. The molecule has 4 nitrogen and oxygen atoms in total. The number of morpholine rings is 1. The van der Waals surface area contributed by atoms with Crippen LogP contribution in [0.2, 0.25) is 0 Å². The topological polar surface area (TPSA) is 32.8 Å². The summed E-state index contributed by atoms with van der Waals surface area (Å²) in [7, 11) is 0. The van der Waals surface area contributed by atoms with Crippen LogP contribution in [-0.2, 0) is 4.74 Å². The molecule has 3 atom stereocenters. The van der Waals surface area contributed by atoms with Crippen molar-refractivity contribution in [2.24, 2.45) is 23.7 Å². The van der Waals surface area contributed by atoms with E-state index in [2.05, 4.69) is 18.7 Å². The van der Waals surface area contributed by atoms with Crippen LogP contribution in [0.15, 0.2) is 0 Å². The van der Waals surface area contributed by atoms with Crippen molar-refractivity contribution in [2.75, 3.05) is 39.4 Å². The maximum absolute atomic E-state index is 12.4. The first-order chi connectivity index (χ1) is 9.15. The Kier molecular flexibility index (Phi) is 3.70. The lowest BCUT2D eigenvalue weighted by Crippen LogP contribution is -2.47. The van der Waals surface area contributed by atoms with Gasteiger partial charge in [-0.15, -0.1) is 0 Å². The van der Waals surface area contributed by atoms with Crippen molar-refractivity contribution in [1.82, 2.24) is 9.80 Å². The van der Waals surface area contributed by atoms with Crippen LogP contribution in [0.4, 0.5) is 4.79 Å². The molecule has 4 heteroatoms. The average Bonchev–Trinajstić information content (AvgIpc) is 2.97. The van der Waals surface area contributed by atoms with Crippen molar-refractivity contribution in [1.29, 1.82) is 0 Å². The summed E-state index contributed by atoms with van der Waals surface area (Å²) in [5.41, 5.74) is 0. The molecule has 0 aromatic heterocycles. The number of hydrogen-bond acceptors (Lipinski definition) is 2. The van der Waals surface area contributed by atoms with E-state index < -0.39 is 0 Å². The minimum absolute atomic E-state index is 0.249. The number of amides is 2. The fraction of sp³-hybridized carbons (Fsp3) is 0.933. The predicted octanol–water partition coefficient (Wildman–Crippen LogP) is 2.05. The molecule has 2 saturated heterocycles. The molecule has 1 saturated carbocycles. The van der Waals surface area contributed by atoms with Crippen molar-refractivity contribution in [3.8, 4) is 0 Å². The molecule has 1 unspecified atom stereocenters. The summed E-state index contributed by atoms with van der Waals surface area (Å²) >= 11 is 0. The summed E-state index contributed by atoms with van der Waals surface area (Å²) in [6, 6.07) is 0.249. The highest BCUT2D eigenvalue weighted by Crippen LogP contribution is 2.44. The predicted molar refractivity (Wildman–Crippen MR) is 73.9 cm³/mol. The van der Waals surface area contributed by atoms with Gasteiger partial charge in [0.05, 0.1) is 13.2 Å². The van der Waals surface area contributed by atoms with E-state index in [1.54, 1.807) is 0 Å². The number of nitrogens with zero attached hydrogens (tertiary/aromatic N) is 2. The van der Waals surface area contributed by atoms with Gasteiger partial charge in [0.1, 0.15) is 0 Å². The Labute approximate surface area is 116 Å². The zero-order valence-electron chi connectivity index (χ0n) is 12.2. The van der Waals surface area contributed by atoms with Gasteiger partial charge >= 0.3 is 6.03 Å². The van der Waals surface area contributed by atoms with Gasteiger partial charge in [-0.2, -0.15) is 0 Å². The van der Waals surface area contributed by atoms with Crippen LogP contribution >= 0.6 is 0 Å². The monoisotopic (exact) mass is 266 g/mol. The smallest absolute Gasteiger partial charge is 0.320 e. The maximum Gasteiger partial charge on any atom is 0.320 e. The van der Waals surface area contributed by atoms with Gasteiger partial charge in [0.25, 0.3) is 0 Å². The van der Waals surface area contributed by atoms with Gasteiger partial charge in [0.15, 0.2) is 0 Å². The first-order valence-electron chi connectivity index (χ1n) is 7.76. The molecule has 0 aromatic carbocycles. The Hall–Kier alpha value is -0.770. The number of urea groups is 1. The normalized spacial score (nSPS) is 35.0. The van der Waals surface area contributed by atoms with E-state index in [4.69, 9.17) is 4.74 Å². The first-order valence-corrected chi connectivity index (χ1v) is 7.76. The molecule has 108 valence electrons. The zero-order chi connectivity index (χ0) is 13.4. The SMILES string of the molecule is CC(C)C1C[C@@H]2CN(C(=O)N3CCOCC3)C[C@@H]2C1. The number of ether oxygens (including phenoxy) is 1. The summed E-state index contributed by atoms with van der Waals surface area (Å²) in [5.74, 6) is 3.21. The van der Waals surface area contributed by atoms with Crippen molar-refractivity contribution in [3.05, 3.63) is 0 Å². The minimum atomic E-state index is 0.249. The highest BCUT2D eigenvalue weighted by atomic mass is 16.5. The van der Waals surface area contributed by atoms with Crippen LogP contribution in [0.5, 0.6) is 0 Å². The molecule has 2 aliphatic heterocycles. The van der Waals surface area contributed by atoms with E-state index in [1.807, 2.05) is 4.90 Å². The van der Waals surface area contributed by atoms with Crippen LogP contribution in [-0.4, -0.2) is 55.2 Å². The molecular formula is C15H26N2O2. The van der Waals surface area contributed by atoms with E-state index in [-0.39, 0.29) is 6.03 Å². The maximum atomic E-state index is 12.4. The van der Waals surface area contributed by atoms with Crippen LogP contribution < -0.4 is 0 Å². The Bertz CT molecular complexity index is 325. The third-order valence-corrected chi connectivity index (χ3v) is 5.28. The second-order valence-electron chi connectivity index (χ2n) is 6.78. The van der Waals surface area contributed by atoms with Crippen molar-refractivity contribution in [2.45, 2.75) is 26.7 Å². The zero-order valence-corrected chi connectivity index (χ0v) is 12.2. The number of carbonyl (C=O) groups excluding carboxylic acids is 1. The molecular weight excluding hydrogens is 240 g/mol. The molecule has 3 fully saturated rings. The molecule has 2 amide bonds. The summed E-state index contributed by atoms with van der Waals surface area (Å²) < 4.78 is 5.32. The molecule has 3 aliphatic rings. The van der Waals surface area contributed by atoms with Gasteiger partial charge in [-0.1, -0.05) is 13.8 Å². The van der Waals surface area contributed by atoms with E-state index in [1.165, 1.54) is 12.8 Å². The van der Waals surface area contributed by atoms with Crippen LogP contribution in [0.25, 0.3) is 0 Å². The molecule has 3 rings (SSSR count). The van der Waals surface area contributed by atoms with Gasteiger partial charge in [-0.05, 0) is 36.5 Å². The first kappa shape index (κ1) is 13.2. The van der Waals surface area contributed by atoms with Crippen LogP contribution in [0.3, 0.4) is 0 Å². The standard InChI is InChI=1S/C15H26N2O2/c1-11(2)12-7-13-9-17(10-14(13)8-12)15(18)16-3-5-19-6-4-16/h11-14H,3-10H2,1-2H3/t12?,13-,14+. The van der Waals surface area contributed by atoms with Crippen molar-refractivity contribution < 1.29 is 9.53 Å². The Morgan fingerprint density at radius 1 is 1.05 bits per heavy atom. The van der Waals surface area contributed by atoms with Gasteiger partial charge in [0.2, 0.25) is 0 Å². The third-order valence-electron chi connectivity index (χ3n) is 5.28. The summed E-state index contributed by atoms with van der Waals surface area (Å²) in [6.45, 7) is 9.57. The van der Waals surface area contributed by atoms with Crippen molar-refractivity contribution in [3.63, 3.8) is 0 Å².